The van der Waals surface area contributed by atoms with Crippen LogP contribution in [0.3, 0.4) is 0 Å². The van der Waals surface area contributed by atoms with E-state index >= 15 is 0 Å². The van der Waals surface area contributed by atoms with E-state index in [1.807, 2.05) is 24.3 Å². The summed E-state index contributed by atoms with van der Waals surface area (Å²) in [5.41, 5.74) is 12.0. The molecule has 1 aromatic carbocycles. The standard InChI is InChI=1S/C23H32N6O6/c1-3-12(2)20(29-21(32)16(9-18(25)30)27-19(31)10-24)22(33)28-17(23(34)35)8-13-11-26-15-7-5-4-6-14(13)15/h4-7,11-12,16-17,20,26H,3,8-10,24H2,1-2H3,(H2,25,30)(H,27,31)(H,28,33)(H,29,32)(H,34,35). The number of carbonyl (C=O) groups excluding carboxylic acids is 4. The van der Waals surface area contributed by atoms with Crippen molar-refractivity contribution in [2.24, 2.45) is 17.4 Å². The van der Waals surface area contributed by atoms with Gasteiger partial charge in [-0.3, -0.25) is 19.2 Å². The molecule has 2 rings (SSSR count). The molecule has 0 spiro atoms. The molecule has 1 aromatic heterocycles. The number of carboxylic acids is 1. The van der Waals surface area contributed by atoms with Gasteiger partial charge in [-0.1, -0.05) is 38.5 Å². The van der Waals surface area contributed by atoms with Crippen molar-refractivity contribution in [1.82, 2.24) is 20.9 Å². The Morgan fingerprint density at radius 2 is 1.71 bits per heavy atom. The smallest absolute Gasteiger partial charge is 0.326 e. The molecule has 0 aliphatic carbocycles. The minimum Gasteiger partial charge on any atom is -0.480 e. The maximum atomic E-state index is 13.1. The first-order valence-electron chi connectivity index (χ1n) is 11.2. The summed E-state index contributed by atoms with van der Waals surface area (Å²) in [6.07, 6.45) is 1.69. The lowest BCUT2D eigenvalue weighted by Gasteiger charge is -2.27. The van der Waals surface area contributed by atoms with Crippen LogP contribution in [0.2, 0.25) is 0 Å². The number of carbonyl (C=O) groups is 5. The number of amides is 4. The average molecular weight is 489 g/mol. The lowest BCUT2D eigenvalue weighted by atomic mass is 9.96. The van der Waals surface area contributed by atoms with Gasteiger partial charge in [-0.15, -0.1) is 0 Å². The van der Waals surface area contributed by atoms with Crippen molar-refractivity contribution >= 4 is 40.5 Å². The summed E-state index contributed by atoms with van der Waals surface area (Å²) in [6.45, 7) is 3.10. The Labute approximate surface area is 202 Å². The third kappa shape index (κ3) is 7.54. The second kappa shape index (κ2) is 12.5. The number of H-pyrrole nitrogens is 1. The molecule has 4 atom stereocenters. The number of fused-ring (bicyclic) bond motifs is 1. The van der Waals surface area contributed by atoms with Gasteiger partial charge < -0.3 is 37.5 Å². The van der Waals surface area contributed by atoms with E-state index in [2.05, 4.69) is 20.9 Å². The monoisotopic (exact) mass is 488 g/mol. The third-order valence-electron chi connectivity index (χ3n) is 5.75. The van der Waals surface area contributed by atoms with Gasteiger partial charge in [0.05, 0.1) is 13.0 Å². The molecule has 0 saturated carbocycles. The van der Waals surface area contributed by atoms with Gasteiger partial charge in [0.15, 0.2) is 0 Å². The molecule has 0 radical (unpaired) electrons. The van der Waals surface area contributed by atoms with Crippen LogP contribution >= 0.6 is 0 Å². The van der Waals surface area contributed by atoms with E-state index in [0.717, 1.165) is 10.9 Å². The molecule has 0 bridgehead atoms. The summed E-state index contributed by atoms with van der Waals surface area (Å²) in [5, 5.41) is 17.9. The second-order valence-electron chi connectivity index (χ2n) is 8.33. The number of hydrogen-bond acceptors (Lipinski definition) is 6. The molecule has 0 aliphatic rings. The quantitative estimate of drug-likeness (QED) is 0.189. The maximum Gasteiger partial charge on any atom is 0.326 e. The highest BCUT2D eigenvalue weighted by molar-refractivity contribution is 5.96. The summed E-state index contributed by atoms with van der Waals surface area (Å²) in [4.78, 5) is 64.0. The SMILES string of the molecule is CCC(C)C(NC(=O)C(CC(N)=O)NC(=O)CN)C(=O)NC(Cc1c[nH]c2ccccc12)C(=O)O. The van der Waals surface area contributed by atoms with Crippen molar-refractivity contribution in [3.8, 4) is 0 Å². The van der Waals surface area contributed by atoms with Crippen molar-refractivity contribution in [3.63, 3.8) is 0 Å². The molecule has 12 heteroatoms. The molecule has 12 nitrogen and oxygen atoms in total. The van der Waals surface area contributed by atoms with Crippen LogP contribution in [0, 0.1) is 5.92 Å². The molecular formula is C23H32N6O6. The van der Waals surface area contributed by atoms with E-state index in [-0.39, 0.29) is 12.3 Å². The first kappa shape index (κ1) is 27.3. The molecule has 0 saturated heterocycles. The van der Waals surface area contributed by atoms with Gasteiger partial charge >= 0.3 is 5.97 Å². The average Bonchev–Trinajstić information content (AvgIpc) is 3.23. The summed E-state index contributed by atoms with van der Waals surface area (Å²) >= 11 is 0. The zero-order valence-corrected chi connectivity index (χ0v) is 19.7. The Morgan fingerprint density at radius 3 is 2.31 bits per heavy atom. The number of aliphatic carboxylic acids is 1. The van der Waals surface area contributed by atoms with E-state index < -0.39 is 60.7 Å². The van der Waals surface area contributed by atoms with Gasteiger partial charge in [-0.05, 0) is 17.5 Å². The van der Waals surface area contributed by atoms with E-state index in [4.69, 9.17) is 11.5 Å². The van der Waals surface area contributed by atoms with Crippen LogP contribution in [-0.4, -0.2) is 64.4 Å². The number of aromatic nitrogens is 1. The third-order valence-corrected chi connectivity index (χ3v) is 5.75. The van der Waals surface area contributed by atoms with E-state index in [0.29, 0.717) is 12.0 Å². The topological polar surface area (TPSA) is 209 Å². The zero-order valence-electron chi connectivity index (χ0n) is 19.7. The minimum atomic E-state index is -1.33. The Bertz CT molecular complexity index is 1080. The highest BCUT2D eigenvalue weighted by Crippen LogP contribution is 2.19. The number of carboxylic acid groups (broad SMARTS) is 1. The van der Waals surface area contributed by atoms with Gasteiger partial charge in [0, 0.05) is 23.5 Å². The van der Waals surface area contributed by atoms with Crippen LogP contribution in [-0.2, 0) is 30.4 Å². The predicted octanol–water partition coefficient (Wildman–Crippen LogP) is -0.870. The van der Waals surface area contributed by atoms with Crippen LogP contribution in [0.4, 0.5) is 0 Å². The number of nitrogens with one attached hydrogen (secondary N) is 4. The van der Waals surface area contributed by atoms with Crippen LogP contribution in [0.25, 0.3) is 10.9 Å². The highest BCUT2D eigenvalue weighted by Gasteiger charge is 2.33. The molecule has 4 amide bonds. The Balaban J connectivity index is 2.20. The fraction of sp³-hybridized carbons (Fsp3) is 0.435. The van der Waals surface area contributed by atoms with Crippen molar-refractivity contribution in [1.29, 1.82) is 0 Å². The number of primary amides is 1. The fourth-order valence-electron chi connectivity index (χ4n) is 3.60. The van der Waals surface area contributed by atoms with Gasteiger partial charge in [0.2, 0.25) is 23.6 Å². The molecule has 190 valence electrons. The number of aromatic amines is 1. The predicted molar refractivity (Wildman–Crippen MR) is 128 cm³/mol. The Kier molecular flexibility index (Phi) is 9.76. The molecule has 0 fully saturated rings. The summed E-state index contributed by atoms with van der Waals surface area (Å²) in [6, 6.07) is 3.66. The second-order valence-corrected chi connectivity index (χ2v) is 8.33. The maximum absolute atomic E-state index is 13.1. The number of nitrogens with two attached hydrogens (primary N) is 2. The first-order valence-corrected chi connectivity index (χ1v) is 11.2. The minimum absolute atomic E-state index is 0.0170. The normalized spacial score (nSPS) is 14.4. The van der Waals surface area contributed by atoms with E-state index in [1.165, 1.54) is 0 Å². The fourth-order valence-corrected chi connectivity index (χ4v) is 3.60. The Hall–Kier alpha value is -3.93. The molecule has 4 unspecified atom stereocenters. The largest absolute Gasteiger partial charge is 0.480 e. The van der Waals surface area contributed by atoms with Gasteiger partial charge in [0.1, 0.15) is 18.1 Å². The van der Waals surface area contributed by atoms with Crippen molar-refractivity contribution < 1.29 is 29.1 Å². The summed E-state index contributed by atoms with van der Waals surface area (Å²) in [5.74, 6) is -4.66. The number of hydrogen-bond donors (Lipinski definition) is 7. The lowest BCUT2D eigenvalue weighted by molar-refractivity contribution is -0.142. The van der Waals surface area contributed by atoms with E-state index in [1.54, 1.807) is 20.0 Å². The van der Waals surface area contributed by atoms with Crippen molar-refractivity contribution in [2.45, 2.75) is 51.2 Å². The van der Waals surface area contributed by atoms with Gasteiger partial charge in [0.25, 0.3) is 0 Å². The number of para-hydroxylation sites is 1. The highest BCUT2D eigenvalue weighted by atomic mass is 16.4. The molecule has 1 heterocycles. The van der Waals surface area contributed by atoms with Crippen molar-refractivity contribution in [3.05, 3.63) is 36.0 Å². The van der Waals surface area contributed by atoms with Gasteiger partial charge in [-0.25, -0.2) is 4.79 Å². The molecule has 35 heavy (non-hydrogen) atoms. The van der Waals surface area contributed by atoms with Crippen LogP contribution < -0.4 is 27.4 Å². The summed E-state index contributed by atoms with van der Waals surface area (Å²) in [7, 11) is 0. The molecule has 9 N–H and O–H groups in total. The lowest BCUT2D eigenvalue weighted by Crippen LogP contribution is -2.58. The Morgan fingerprint density at radius 1 is 1.03 bits per heavy atom. The van der Waals surface area contributed by atoms with Crippen LogP contribution in [0.15, 0.2) is 30.5 Å². The number of rotatable bonds is 13. The van der Waals surface area contributed by atoms with Crippen LogP contribution in [0.1, 0.15) is 32.3 Å². The zero-order chi connectivity index (χ0) is 26.1. The van der Waals surface area contributed by atoms with Crippen molar-refractivity contribution in [2.75, 3.05) is 6.54 Å². The molecule has 0 aliphatic heterocycles. The van der Waals surface area contributed by atoms with Crippen LogP contribution in [0.5, 0.6) is 0 Å². The van der Waals surface area contributed by atoms with E-state index in [9.17, 15) is 29.1 Å². The number of benzene rings is 1. The molecule has 2 aromatic rings. The molecular weight excluding hydrogens is 456 g/mol. The first-order chi connectivity index (χ1) is 16.6. The van der Waals surface area contributed by atoms with Gasteiger partial charge in [-0.2, -0.15) is 0 Å². The summed E-state index contributed by atoms with van der Waals surface area (Å²) < 4.78 is 0.